The van der Waals surface area contributed by atoms with Crippen molar-refractivity contribution in [1.29, 1.82) is 0 Å². The number of anilines is 1. The number of benzene rings is 2. The molecule has 2 aromatic carbocycles. The highest BCUT2D eigenvalue weighted by atomic mass is 16.6. The molecule has 3 aromatic rings. The van der Waals surface area contributed by atoms with Crippen LogP contribution in [0.3, 0.4) is 0 Å². The molecule has 5 rings (SSSR count). The summed E-state index contributed by atoms with van der Waals surface area (Å²) in [6.45, 7) is 8.52. The Bertz CT molecular complexity index is 1290. The van der Waals surface area contributed by atoms with Crippen LogP contribution in [0, 0.1) is 19.8 Å². The van der Waals surface area contributed by atoms with Gasteiger partial charge in [-0.3, -0.25) is 14.6 Å². The maximum absolute atomic E-state index is 13.8. The van der Waals surface area contributed by atoms with Crippen LogP contribution in [0.25, 0.3) is 10.9 Å². The summed E-state index contributed by atoms with van der Waals surface area (Å²) in [5.74, 6) is 0.987. The lowest BCUT2D eigenvalue weighted by atomic mass is 9.93. The number of esters is 1. The summed E-state index contributed by atoms with van der Waals surface area (Å²) >= 11 is 0. The molecule has 0 aliphatic carbocycles. The summed E-state index contributed by atoms with van der Waals surface area (Å²) in [6, 6.07) is 9.59. The lowest BCUT2D eigenvalue weighted by Gasteiger charge is -2.34. The average Bonchev–Trinajstić information content (AvgIpc) is 2.88. The Morgan fingerprint density at radius 1 is 1.03 bits per heavy atom. The van der Waals surface area contributed by atoms with Gasteiger partial charge in [0.1, 0.15) is 13.2 Å². The standard InChI is InChI=1S/C28H30N2O5/c1-4-33-28(32)19-7-9-30(10-8-19)26-21-14-24-25(35-12-11-34-24)15-23(21)29-16-22(26)27(31)20-6-5-17(2)18(3)13-20/h5-6,13-16,19H,4,7-12H2,1-3H3. The Kier molecular flexibility index (Phi) is 6.32. The highest BCUT2D eigenvalue weighted by molar-refractivity contribution is 6.16. The molecule has 35 heavy (non-hydrogen) atoms. The van der Waals surface area contributed by atoms with Crippen LogP contribution in [0.5, 0.6) is 11.5 Å². The van der Waals surface area contributed by atoms with Crippen LogP contribution in [0.2, 0.25) is 0 Å². The van der Waals surface area contributed by atoms with Crippen LogP contribution < -0.4 is 14.4 Å². The fourth-order valence-corrected chi connectivity index (χ4v) is 4.86. The molecule has 7 heteroatoms. The summed E-state index contributed by atoms with van der Waals surface area (Å²) in [4.78, 5) is 32.9. The number of piperidine rings is 1. The van der Waals surface area contributed by atoms with Gasteiger partial charge in [0.05, 0.1) is 29.3 Å². The van der Waals surface area contributed by atoms with E-state index in [4.69, 9.17) is 14.2 Å². The van der Waals surface area contributed by atoms with Crippen molar-refractivity contribution in [2.24, 2.45) is 5.92 Å². The molecule has 1 saturated heterocycles. The number of aromatic nitrogens is 1. The molecule has 2 aliphatic heterocycles. The SMILES string of the molecule is CCOC(=O)C1CCN(c2c(C(=O)c3ccc(C)c(C)c3)cnc3cc4c(cc23)OCCO4)CC1. The molecule has 0 saturated carbocycles. The van der Waals surface area contributed by atoms with Gasteiger partial charge in [0.2, 0.25) is 0 Å². The highest BCUT2D eigenvalue weighted by Gasteiger charge is 2.30. The van der Waals surface area contributed by atoms with Gasteiger partial charge in [0, 0.05) is 36.3 Å². The third-order valence-corrected chi connectivity index (χ3v) is 6.95. The summed E-state index contributed by atoms with van der Waals surface area (Å²) in [6.07, 6.45) is 3.01. The van der Waals surface area contributed by atoms with Gasteiger partial charge in [0.15, 0.2) is 17.3 Å². The molecule has 0 spiro atoms. The highest BCUT2D eigenvalue weighted by Crippen LogP contribution is 2.40. The zero-order valence-corrected chi connectivity index (χ0v) is 20.4. The number of carbonyl (C=O) groups excluding carboxylic acids is 2. The van der Waals surface area contributed by atoms with Gasteiger partial charge < -0.3 is 19.1 Å². The molecule has 0 radical (unpaired) electrons. The van der Waals surface area contributed by atoms with Crippen LogP contribution in [0.15, 0.2) is 36.5 Å². The van der Waals surface area contributed by atoms with Gasteiger partial charge in [-0.05, 0) is 56.9 Å². The first-order valence-electron chi connectivity index (χ1n) is 12.2. The maximum atomic E-state index is 13.8. The number of hydrogen-bond acceptors (Lipinski definition) is 7. The molecule has 0 bridgehead atoms. The minimum absolute atomic E-state index is 0.0695. The lowest BCUT2D eigenvalue weighted by Crippen LogP contribution is -2.38. The van der Waals surface area contributed by atoms with Crippen molar-refractivity contribution in [3.63, 3.8) is 0 Å². The minimum atomic E-state index is -0.141. The van der Waals surface area contributed by atoms with E-state index in [1.54, 1.807) is 6.20 Å². The van der Waals surface area contributed by atoms with E-state index < -0.39 is 0 Å². The summed E-state index contributed by atoms with van der Waals surface area (Å²) in [5.41, 5.74) is 4.97. The predicted octanol–water partition coefficient (Wildman–Crippen LogP) is 4.63. The third-order valence-electron chi connectivity index (χ3n) is 6.95. The van der Waals surface area contributed by atoms with Gasteiger partial charge in [0.25, 0.3) is 0 Å². The second-order valence-corrected chi connectivity index (χ2v) is 9.18. The van der Waals surface area contributed by atoms with Gasteiger partial charge >= 0.3 is 5.97 Å². The first-order chi connectivity index (χ1) is 17.0. The normalized spacial score (nSPS) is 15.8. The van der Waals surface area contributed by atoms with E-state index >= 15 is 0 Å². The van der Waals surface area contributed by atoms with Crippen LogP contribution in [-0.2, 0) is 9.53 Å². The molecular formula is C28H30N2O5. The topological polar surface area (TPSA) is 78.0 Å². The van der Waals surface area contributed by atoms with Gasteiger partial charge in [-0.15, -0.1) is 0 Å². The minimum Gasteiger partial charge on any atom is -0.486 e. The molecular weight excluding hydrogens is 444 g/mol. The molecule has 182 valence electrons. The predicted molar refractivity (Wildman–Crippen MR) is 134 cm³/mol. The number of rotatable bonds is 5. The molecule has 0 N–H and O–H groups in total. The molecule has 1 aromatic heterocycles. The lowest BCUT2D eigenvalue weighted by molar-refractivity contribution is -0.148. The fourth-order valence-electron chi connectivity index (χ4n) is 4.86. The Morgan fingerprint density at radius 3 is 2.43 bits per heavy atom. The molecule has 0 atom stereocenters. The molecule has 0 unspecified atom stereocenters. The maximum Gasteiger partial charge on any atom is 0.309 e. The number of pyridine rings is 1. The van der Waals surface area contributed by atoms with Crippen LogP contribution in [0.4, 0.5) is 5.69 Å². The Labute approximate surface area is 205 Å². The Hall–Kier alpha value is -3.61. The van der Waals surface area contributed by atoms with Crippen LogP contribution in [0.1, 0.15) is 46.8 Å². The monoisotopic (exact) mass is 474 g/mol. The van der Waals surface area contributed by atoms with Crippen molar-refractivity contribution < 1.29 is 23.8 Å². The van der Waals surface area contributed by atoms with Crippen molar-refractivity contribution in [2.75, 3.05) is 37.8 Å². The van der Waals surface area contributed by atoms with Gasteiger partial charge in [-0.2, -0.15) is 0 Å². The van der Waals surface area contributed by atoms with Crippen molar-refractivity contribution in [3.05, 3.63) is 58.8 Å². The second kappa shape index (κ2) is 9.56. The molecule has 7 nitrogen and oxygen atoms in total. The number of aryl methyl sites for hydroxylation is 2. The third kappa shape index (κ3) is 4.43. The number of hydrogen-bond donors (Lipinski definition) is 0. The Morgan fingerprint density at radius 2 is 1.74 bits per heavy atom. The Balaban J connectivity index is 1.59. The summed E-state index contributed by atoms with van der Waals surface area (Å²) < 4.78 is 16.8. The smallest absolute Gasteiger partial charge is 0.309 e. The van der Waals surface area contributed by atoms with Crippen molar-refractivity contribution in [3.8, 4) is 11.5 Å². The van der Waals surface area contributed by atoms with Crippen molar-refractivity contribution in [2.45, 2.75) is 33.6 Å². The number of ether oxygens (including phenoxy) is 3. The number of nitrogens with zero attached hydrogens (tertiary/aromatic N) is 2. The number of carbonyl (C=O) groups is 2. The van der Waals surface area contributed by atoms with E-state index in [9.17, 15) is 9.59 Å². The zero-order valence-electron chi connectivity index (χ0n) is 20.4. The second-order valence-electron chi connectivity index (χ2n) is 9.18. The fraction of sp³-hybridized carbons (Fsp3) is 0.393. The van der Waals surface area contributed by atoms with E-state index in [0.717, 1.165) is 27.7 Å². The van der Waals surface area contributed by atoms with E-state index in [-0.39, 0.29) is 17.7 Å². The molecule has 2 aliphatic rings. The van der Waals surface area contributed by atoms with E-state index in [1.165, 1.54) is 0 Å². The molecule has 0 amide bonds. The summed E-state index contributed by atoms with van der Waals surface area (Å²) in [5, 5.41) is 0.846. The van der Waals surface area contributed by atoms with Crippen molar-refractivity contribution in [1.82, 2.24) is 4.98 Å². The van der Waals surface area contributed by atoms with Gasteiger partial charge in [-0.1, -0.05) is 12.1 Å². The van der Waals surface area contributed by atoms with E-state index in [0.29, 0.717) is 68.4 Å². The molecule has 1 fully saturated rings. The first-order valence-corrected chi connectivity index (χ1v) is 12.2. The van der Waals surface area contributed by atoms with Gasteiger partial charge in [-0.25, -0.2) is 0 Å². The number of ketones is 1. The number of fused-ring (bicyclic) bond motifs is 2. The van der Waals surface area contributed by atoms with Crippen LogP contribution >= 0.6 is 0 Å². The van der Waals surface area contributed by atoms with E-state index in [1.807, 2.05) is 51.1 Å². The molecule has 3 heterocycles. The quantitative estimate of drug-likeness (QED) is 0.394. The average molecular weight is 475 g/mol. The first kappa shape index (κ1) is 23.1. The largest absolute Gasteiger partial charge is 0.486 e. The zero-order chi connectivity index (χ0) is 24.5. The summed E-state index contributed by atoms with van der Waals surface area (Å²) in [7, 11) is 0. The van der Waals surface area contributed by atoms with Crippen LogP contribution in [-0.4, -0.2) is 49.6 Å². The van der Waals surface area contributed by atoms with E-state index in [2.05, 4.69) is 9.88 Å². The van der Waals surface area contributed by atoms with Crippen molar-refractivity contribution >= 4 is 28.3 Å².